The van der Waals surface area contributed by atoms with Crippen molar-refractivity contribution in [2.75, 3.05) is 24.0 Å². The fourth-order valence-electron chi connectivity index (χ4n) is 1.54. The maximum absolute atomic E-state index is 8.70. The third-order valence-corrected chi connectivity index (χ3v) is 3.33. The summed E-state index contributed by atoms with van der Waals surface area (Å²) < 4.78 is 0. The lowest BCUT2D eigenvalue weighted by Crippen LogP contribution is -2.33. The first-order valence-corrected chi connectivity index (χ1v) is 6.70. The van der Waals surface area contributed by atoms with Crippen LogP contribution in [0.5, 0.6) is 0 Å². The summed E-state index contributed by atoms with van der Waals surface area (Å²) in [4.78, 5) is 6.47. The van der Waals surface area contributed by atoms with Crippen molar-refractivity contribution in [1.82, 2.24) is 4.98 Å². The zero-order valence-corrected chi connectivity index (χ0v) is 10.8. The molecule has 86 valence electrons. The number of rotatable bonds is 5. The Labute approximate surface area is 101 Å². The van der Waals surface area contributed by atoms with E-state index >= 15 is 0 Å². The summed E-state index contributed by atoms with van der Waals surface area (Å²) in [5, 5.41) is 8.70. The fourth-order valence-corrected chi connectivity index (χ4v) is 2.39. The van der Waals surface area contributed by atoms with E-state index in [4.69, 9.17) is 5.26 Å². The predicted molar refractivity (Wildman–Crippen MR) is 69.8 cm³/mol. The standard InChI is InChI=1S/C12H17N3S/c1-4-11(9-16-3)15(2)12-6-5-10(7-13)8-14-12/h5-6,8,11H,4,9H2,1-3H3. The van der Waals surface area contributed by atoms with Crippen molar-refractivity contribution in [2.24, 2.45) is 0 Å². The Hall–Kier alpha value is -1.21. The number of pyridine rings is 1. The monoisotopic (exact) mass is 235 g/mol. The second kappa shape index (κ2) is 6.39. The molecule has 4 heteroatoms. The number of thioether (sulfide) groups is 1. The zero-order valence-electron chi connectivity index (χ0n) is 9.97. The van der Waals surface area contributed by atoms with Crippen LogP contribution in [0.2, 0.25) is 0 Å². The number of hydrogen-bond donors (Lipinski definition) is 0. The summed E-state index contributed by atoms with van der Waals surface area (Å²) in [5.41, 5.74) is 0.607. The normalized spacial score (nSPS) is 11.9. The van der Waals surface area contributed by atoms with Gasteiger partial charge in [0.25, 0.3) is 0 Å². The Kier molecular flexibility index (Phi) is 5.13. The maximum atomic E-state index is 8.70. The quantitative estimate of drug-likeness (QED) is 0.786. The summed E-state index contributed by atoms with van der Waals surface area (Å²) >= 11 is 1.84. The number of hydrogen-bond acceptors (Lipinski definition) is 4. The first kappa shape index (κ1) is 12.9. The Morgan fingerprint density at radius 2 is 2.31 bits per heavy atom. The number of anilines is 1. The molecule has 0 saturated heterocycles. The van der Waals surface area contributed by atoms with Gasteiger partial charge in [0.05, 0.1) is 5.56 Å². The molecule has 1 aromatic heterocycles. The van der Waals surface area contributed by atoms with E-state index in [0.717, 1.165) is 18.0 Å². The smallest absolute Gasteiger partial charge is 0.128 e. The van der Waals surface area contributed by atoms with Gasteiger partial charge in [-0.3, -0.25) is 0 Å². The van der Waals surface area contributed by atoms with E-state index in [9.17, 15) is 0 Å². The molecule has 16 heavy (non-hydrogen) atoms. The molecule has 0 aliphatic carbocycles. The molecule has 1 rings (SSSR count). The van der Waals surface area contributed by atoms with E-state index < -0.39 is 0 Å². The van der Waals surface area contributed by atoms with Crippen molar-refractivity contribution >= 4 is 17.6 Å². The lowest BCUT2D eigenvalue weighted by molar-refractivity contribution is 0.666. The van der Waals surface area contributed by atoms with Gasteiger partial charge in [-0.25, -0.2) is 4.98 Å². The summed E-state index contributed by atoms with van der Waals surface area (Å²) in [6.07, 6.45) is 4.83. The molecule has 1 atom stereocenters. The van der Waals surface area contributed by atoms with Crippen molar-refractivity contribution in [1.29, 1.82) is 5.26 Å². The Bertz CT molecular complexity index is 356. The second-order valence-electron chi connectivity index (χ2n) is 3.65. The van der Waals surface area contributed by atoms with E-state index in [1.54, 1.807) is 6.20 Å². The molecular weight excluding hydrogens is 218 g/mol. The van der Waals surface area contributed by atoms with Crippen LogP contribution in [0.4, 0.5) is 5.82 Å². The minimum Gasteiger partial charge on any atom is -0.356 e. The molecule has 3 nitrogen and oxygen atoms in total. The molecule has 0 saturated carbocycles. The molecule has 0 aromatic carbocycles. The third-order valence-electron chi connectivity index (χ3n) is 2.62. The van der Waals surface area contributed by atoms with Gasteiger partial charge in [0.15, 0.2) is 0 Å². The Morgan fingerprint density at radius 3 is 2.75 bits per heavy atom. The maximum Gasteiger partial charge on any atom is 0.128 e. The molecule has 0 fully saturated rings. The van der Waals surface area contributed by atoms with E-state index in [1.165, 1.54) is 0 Å². The van der Waals surface area contributed by atoms with Crippen LogP contribution in [0.3, 0.4) is 0 Å². The molecule has 0 spiro atoms. The van der Waals surface area contributed by atoms with Crippen molar-refractivity contribution in [3.63, 3.8) is 0 Å². The van der Waals surface area contributed by atoms with Crippen molar-refractivity contribution in [3.05, 3.63) is 23.9 Å². The minimum atomic E-state index is 0.496. The van der Waals surface area contributed by atoms with Crippen LogP contribution in [0.1, 0.15) is 18.9 Å². The fraction of sp³-hybridized carbons (Fsp3) is 0.500. The van der Waals surface area contributed by atoms with E-state index in [-0.39, 0.29) is 0 Å². The van der Waals surface area contributed by atoms with Crippen LogP contribution >= 0.6 is 11.8 Å². The van der Waals surface area contributed by atoms with Crippen LogP contribution in [-0.2, 0) is 0 Å². The molecule has 0 bridgehead atoms. The number of nitrogens with zero attached hydrogens (tertiary/aromatic N) is 3. The Balaban J connectivity index is 2.78. The molecule has 0 radical (unpaired) electrons. The summed E-state index contributed by atoms with van der Waals surface area (Å²) in [5.74, 6) is 2.02. The van der Waals surface area contributed by atoms with Crippen molar-refractivity contribution in [3.8, 4) is 6.07 Å². The van der Waals surface area contributed by atoms with Crippen LogP contribution in [0.25, 0.3) is 0 Å². The zero-order chi connectivity index (χ0) is 12.0. The topological polar surface area (TPSA) is 39.9 Å². The molecule has 1 aromatic rings. The van der Waals surface area contributed by atoms with E-state index in [0.29, 0.717) is 11.6 Å². The summed E-state index contributed by atoms with van der Waals surface area (Å²) in [7, 11) is 2.05. The van der Waals surface area contributed by atoms with Gasteiger partial charge in [-0.15, -0.1) is 0 Å². The van der Waals surface area contributed by atoms with Crippen molar-refractivity contribution < 1.29 is 0 Å². The average molecular weight is 235 g/mol. The van der Waals surface area contributed by atoms with Gasteiger partial charge >= 0.3 is 0 Å². The molecule has 1 unspecified atom stereocenters. The first-order valence-electron chi connectivity index (χ1n) is 5.30. The van der Waals surface area contributed by atoms with Gasteiger partial charge in [-0.05, 0) is 24.8 Å². The predicted octanol–water partition coefficient (Wildman–Crippen LogP) is 2.53. The highest BCUT2D eigenvalue weighted by Crippen LogP contribution is 2.16. The highest BCUT2D eigenvalue weighted by molar-refractivity contribution is 7.98. The van der Waals surface area contributed by atoms with Gasteiger partial charge in [0.1, 0.15) is 11.9 Å². The largest absolute Gasteiger partial charge is 0.356 e. The third kappa shape index (κ3) is 3.14. The highest BCUT2D eigenvalue weighted by atomic mass is 32.2. The second-order valence-corrected chi connectivity index (χ2v) is 4.56. The Morgan fingerprint density at radius 1 is 1.56 bits per heavy atom. The van der Waals surface area contributed by atoms with Gasteiger partial charge in [0.2, 0.25) is 0 Å². The van der Waals surface area contributed by atoms with Crippen LogP contribution in [0, 0.1) is 11.3 Å². The molecule has 1 heterocycles. The van der Waals surface area contributed by atoms with Crippen LogP contribution in [-0.4, -0.2) is 30.1 Å². The molecule has 0 aliphatic heterocycles. The van der Waals surface area contributed by atoms with E-state index in [2.05, 4.69) is 36.2 Å². The van der Waals surface area contributed by atoms with Crippen molar-refractivity contribution in [2.45, 2.75) is 19.4 Å². The van der Waals surface area contributed by atoms with Crippen LogP contribution < -0.4 is 4.90 Å². The average Bonchev–Trinajstić information content (AvgIpc) is 2.35. The molecule has 0 amide bonds. The number of nitriles is 1. The van der Waals surface area contributed by atoms with Gasteiger partial charge in [-0.1, -0.05) is 6.92 Å². The molecular formula is C12H17N3S. The summed E-state index contributed by atoms with van der Waals surface area (Å²) in [6, 6.07) is 6.29. The molecule has 0 N–H and O–H groups in total. The first-order chi connectivity index (χ1) is 7.72. The highest BCUT2D eigenvalue weighted by Gasteiger charge is 2.13. The van der Waals surface area contributed by atoms with Gasteiger partial charge < -0.3 is 4.90 Å². The van der Waals surface area contributed by atoms with E-state index in [1.807, 2.05) is 23.9 Å². The lowest BCUT2D eigenvalue weighted by atomic mass is 10.2. The number of aromatic nitrogens is 1. The SMILES string of the molecule is CCC(CSC)N(C)c1ccc(C#N)cn1. The minimum absolute atomic E-state index is 0.496. The van der Waals surface area contributed by atoms with Gasteiger partial charge in [0, 0.05) is 25.0 Å². The summed E-state index contributed by atoms with van der Waals surface area (Å²) in [6.45, 7) is 2.18. The molecule has 0 aliphatic rings. The lowest BCUT2D eigenvalue weighted by Gasteiger charge is -2.27. The van der Waals surface area contributed by atoms with Gasteiger partial charge in [-0.2, -0.15) is 17.0 Å². The van der Waals surface area contributed by atoms with Crippen LogP contribution in [0.15, 0.2) is 18.3 Å².